The van der Waals surface area contributed by atoms with Gasteiger partial charge in [0.1, 0.15) is 0 Å². The highest BCUT2D eigenvalue weighted by Gasteiger charge is 2.26. The zero-order chi connectivity index (χ0) is 10.9. The van der Waals surface area contributed by atoms with E-state index in [1.165, 1.54) is 15.6 Å². The van der Waals surface area contributed by atoms with Gasteiger partial charge in [0.2, 0.25) is 0 Å². The summed E-state index contributed by atoms with van der Waals surface area (Å²) in [6.45, 7) is 11.3. The van der Waals surface area contributed by atoms with Gasteiger partial charge in [-0.05, 0) is 29.9 Å². The van der Waals surface area contributed by atoms with Crippen molar-refractivity contribution in [2.75, 3.05) is 0 Å². The van der Waals surface area contributed by atoms with Crippen LogP contribution in [0.3, 0.4) is 0 Å². The van der Waals surface area contributed by atoms with E-state index in [1.54, 1.807) is 0 Å². The van der Waals surface area contributed by atoms with Crippen LogP contribution in [0.1, 0.15) is 38.8 Å². The Morgan fingerprint density at radius 3 is 2.29 bits per heavy atom. The summed E-state index contributed by atoms with van der Waals surface area (Å²) in [5, 5.41) is 0. The van der Waals surface area contributed by atoms with Gasteiger partial charge in [0.05, 0.1) is 0 Å². The first-order chi connectivity index (χ1) is 6.35. The normalized spacial score (nSPS) is 12.2. The Bertz CT molecular complexity index is 324. The highest BCUT2D eigenvalue weighted by Crippen LogP contribution is 2.36. The number of benzene rings is 1. The zero-order valence-electron chi connectivity index (χ0n) is 9.69. The minimum Gasteiger partial charge on any atom is -0.0619 e. The third-order valence-corrected chi connectivity index (χ3v) is 3.95. The van der Waals surface area contributed by atoms with Crippen LogP contribution in [0.4, 0.5) is 0 Å². The predicted molar refractivity (Wildman–Crippen MR) is 66.7 cm³/mol. The van der Waals surface area contributed by atoms with Gasteiger partial charge in [0.25, 0.3) is 0 Å². The van der Waals surface area contributed by atoms with Crippen molar-refractivity contribution < 1.29 is 0 Å². The first-order valence-electron chi connectivity index (χ1n) is 5.12. The van der Waals surface area contributed by atoms with Crippen molar-refractivity contribution in [2.45, 2.75) is 40.0 Å². The van der Waals surface area contributed by atoms with Crippen LogP contribution in [0.15, 0.2) is 22.7 Å². The Morgan fingerprint density at radius 1 is 1.21 bits per heavy atom. The van der Waals surface area contributed by atoms with Crippen LogP contribution in [-0.4, -0.2) is 0 Å². The molecule has 0 aliphatic heterocycles. The molecule has 0 aliphatic rings. The molecule has 0 aromatic heterocycles. The van der Waals surface area contributed by atoms with Crippen molar-refractivity contribution in [3.63, 3.8) is 0 Å². The van der Waals surface area contributed by atoms with E-state index in [-0.39, 0.29) is 5.41 Å². The Hall–Kier alpha value is -0.300. The lowest BCUT2D eigenvalue weighted by Crippen LogP contribution is -2.24. The molecule has 0 fully saturated rings. The van der Waals surface area contributed by atoms with Gasteiger partial charge in [-0.15, -0.1) is 0 Å². The zero-order valence-corrected chi connectivity index (χ0v) is 11.3. The van der Waals surface area contributed by atoms with Crippen LogP contribution in [0, 0.1) is 12.8 Å². The molecule has 0 bridgehead atoms. The lowest BCUT2D eigenvalue weighted by Gasteiger charge is -2.31. The van der Waals surface area contributed by atoms with E-state index < -0.39 is 0 Å². The quantitative estimate of drug-likeness (QED) is 0.719. The molecule has 0 atom stereocenters. The molecule has 0 amide bonds. The Balaban J connectivity index is 3.24. The molecule has 1 aromatic carbocycles. The Morgan fingerprint density at radius 2 is 1.79 bits per heavy atom. The second-order valence-electron chi connectivity index (χ2n) is 4.86. The molecule has 0 heterocycles. The highest BCUT2D eigenvalue weighted by atomic mass is 79.9. The van der Waals surface area contributed by atoms with Gasteiger partial charge in [0, 0.05) is 4.47 Å². The molecule has 1 aromatic rings. The second kappa shape index (κ2) is 4.06. The molecular weight excluding hydrogens is 236 g/mol. The first kappa shape index (κ1) is 11.8. The van der Waals surface area contributed by atoms with Gasteiger partial charge in [-0.1, -0.05) is 61.3 Å². The van der Waals surface area contributed by atoms with E-state index in [4.69, 9.17) is 0 Å². The Labute approximate surface area is 95.9 Å². The molecule has 1 rings (SSSR count). The SMILES string of the molecule is Cc1ccc(Br)c(C(C)(C)C(C)C)c1. The third-order valence-electron chi connectivity index (χ3n) is 3.26. The lowest BCUT2D eigenvalue weighted by atomic mass is 9.75. The van der Waals surface area contributed by atoms with E-state index >= 15 is 0 Å². The summed E-state index contributed by atoms with van der Waals surface area (Å²) >= 11 is 3.63. The summed E-state index contributed by atoms with van der Waals surface area (Å²) in [5.41, 5.74) is 2.97. The molecule has 1 heteroatoms. The van der Waals surface area contributed by atoms with Crippen molar-refractivity contribution >= 4 is 15.9 Å². The third kappa shape index (κ3) is 2.20. The van der Waals surface area contributed by atoms with E-state index in [0.717, 1.165) is 0 Å². The maximum Gasteiger partial charge on any atom is 0.0213 e. The van der Waals surface area contributed by atoms with Crippen molar-refractivity contribution in [1.29, 1.82) is 0 Å². The van der Waals surface area contributed by atoms with Crippen molar-refractivity contribution in [3.8, 4) is 0 Å². The van der Waals surface area contributed by atoms with Crippen LogP contribution >= 0.6 is 15.9 Å². The largest absolute Gasteiger partial charge is 0.0619 e. The molecule has 78 valence electrons. The van der Waals surface area contributed by atoms with Gasteiger partial charge in [-0.25, -0.2) is 0 Å². The Kier molecular flexibility index (Phi) is 3.41. The molecule has 0 nitrogen and oxygen atoms in total. The minimum absolute atomic E-state index is 0.227. The van der Waals surface area contributed by atoms with Gasteiger partial charge >= 0.3 is 0 Å². The second-order valence-corrected chi connectivity index (χ2v) is 5.71. The molecule has 0 saturated carbocycles. The van der Waals surface area contributed by atoms with E-state index in [9.17, 15) is 0 Å². The number of halogens is 1. The molecule has 0 aliphatic carbocycles. The van der Waals surface area contributed by atoms with Crippen LogP contribution < -0.4 is 0 Å². The van der Waals surface area contributed by atoms with Gasteiger partial charge in [-0.3, -0.25) is 0 Å². The fourth-order valence-electron chi connectivity index (χ4n) is 1.44. The molecule has 0 unspecified atom stereocenters. The smallest absolute Gasteiger partial charge is 0.0213 e. The molecule has 0 spiro atoms. The van der Waals surface area contributed by atoms with E-state index in [1.807, 2.05) is 0 Å². The molecule has 14 heavy (non-hydrogen) atoms. The summed E-state index contributed by atoms with van der Waals surface area (Å²) < 4.78 is 1.22. The fourth-order valence-corrected chi connectivity index (χ4v) is 2.20. The first-order valence-corrected chi connectivity index (χ1v) is 5.91. The number of hydrogen-bond donors (Lipinski definition) is 0. The van der Waals surface area contributed by atoms with Crippen molar-refractivity contribution in [3.05, 3.63) is 33.8 Å². The summed E-state index contributed by atoms with van der Waals surface area (Å²) in [6.07, 6.45) is 0. The average molecular weight is 255 g/mol. The van der Waals surface area contributed by atoms with E-state index in [2.05, 4.69) is 68.7 Å². The monoisotopic (exact) mass is 254 g/mol. The fraction of sp³-hybridized carbons (Fsp3) is 0.538. The average Bonchev–Trinajstić information content (AvgIpc) is 2.08. The molecule has 0 saturated heterocycles. The predicted octanol–water partition coefficient (Wildman–Crippen LogP) is 4.69. The molecular formula is C13H19Br. The summed E-state index contributed by atoms with van der Waals surface area (Å²) in [7, 11) is 0. The van der Waals surface area contributed by atoms with Crippen LogP contribution in [-0.2, 0) is 5.41 Å². The number of hydrogen-bond acceptors (Lipinski definition) is 0. The van der Waals surface area contributed by atoms with Crippen LogP contribution in [0.5, 0.6) is 0 Å². The van der Waals surface area contributed by atoms with Crippen LogP contribution in [0.2, 0.25) is 0 Å². The van der Waals surface area contributed by atoms with Crippen molar-refractivity contribution in [1.82, 2.24) is 0 Å². The van der Waals surface area contributed by atoms with E-state index in [0.29, 0.717) is 5.92 Å². The minimum atomic E-state index is 0.227. The molecule has 0 radical (unpaired) electrons. The summed E-state index contributed by atoms with van der Waals surface area (Å²) in [4.78, 5) is 0. The number of rotatable bonds is 2. The highest BCUT2D eigenvalue weighted by molar-refractivity contribution is 9.10. The van der Waals surface area contributed by atoms with Gasteiger partial charge in [0.15, 0.2) is 0 Å². The van der Waals surface area contributed by atoms with Gasteiger partial charge < -0.3 is 0 Å². The molecule has 0 N–H and O–H groups in total. The van der Waals surface area contributed by atoms with Crippen LogP contribution in [0.25, 0.3) is 0 Å². The topological polar surface area (TPSA) is 0 Å². The van der Waals surface area contributed by atoms with Crippen molar-refractivity contribution in [2.24, 2.45) is 5.92 Å². The number of aryl methyl sites for hydroxylation is 1. The lowest BCUT2D eigenvalue weighted by molar-refractivity contribution is 0.370. The summed E-state index contributed by atoms with van der Waals surface area (Å²) in [6, 6.07) is 6.57. The van der Waals surface area contributed by atoms with Gasteiger partial charge in [-0.2, -0.15) is 0 Å². The maximum absolute atomic E-state index is 3.63. The maximum atomic E-state index is 3.63. The standard InChI is InChI=1S/C13H19Br/c1-9(2)13(4,5)11-8-10(3)6-7-12(11)14/h6-9H,1-5H3. The summed E-state index contributed by atoms with van der Waals surface area (Å²) in [5.74, 6) is 0.639.